The third-order valence-corrected chi connectivity index (χ3v) is 3.92. The van der Waals surface area contributed by atoms with Gasteiger partial charge in [-0.3, -0.25) is 4.68 Å². The van der Waals surface area contributed by atoms with E-state index in [0.717, 1.165) is 42.9 Å². The summed E-state index contributed by atoms with van der Waals surface area (Å²) in [6.45, 7) is 10.0. The van der Waals surface area contributed by atoms with Gasteiger partial charge < -0.3 is 10.2 Å². The average Bonchev–Trinajstić information content (AvgIpc) is 2.86. The average molecular weight is 290 g/mol. The minimum Gasteiger partial charge on any atom is -0.367 e. The van der Waals surface area contributed by atoms with Crippen LogP contribution < -0.4 is 5.32 Å². The highest BCUT2D eigenvalue weighted by Crippen LogP contribution is 2.19. The zero-order valence-electron chi connectivity index (χ0n) is 13.5. The first-order valence-electron chi connectivity index (χ1n) is 7.77. The van der Waals surface area contributed by atoms with Crippen LogP contribution in [-0.4, -0.2) is 50.3 Å². The van der Waals surface area contributed by atoms with Gasteiger partial charge in [0.05, 0.1) is 11.6 Å². The van der Waals surface area contributed by atoms with Crippen molar-refractivity contribution in [3.63, 3.8) is 0 Å². The van der Waals surface area contributed by atoms with Crippen molar-refractivity contribution in [3.8, 4) is 0 Å². The second kappa shape index (κ2) is 7.36. The molecule has 0 spiro atoms. The quantitative estimate of drug-likeness (QED) is 0.808. The molecule has 21 heavy (non-hydrogen) atoms. The first kappa shape index (κ1) is 15.7. The van der Waals surface area contributed by atoms with Gasteiger partial charge in [-0.05, 0) is 39.4 Å². The van der Waals surface area contributed by atoms with E-state index in [1.807, 2.05) is 13.2 Å². The molecule has 116 valence electrons. The molecular weight excluding hydrogens is 264 g/mol. The van der Waals surface area contributed by atoms with Crippen LogP contribution in [0.1, 0.15) is 33.6 Å². The van der Waals surface area contributed by atoms with Crippen molar-refractivity contribution in [1.29, 1.82) is 0 Å². The summed E-state index contributed by atoms with van der Waals surface area (Å²) >= 11 is 0. The Kier molecular flexibility index (Phi) is 5.50. The van der Waals surface area contributed by atoms with Crippen LogP contribution in [0.4, 0.5) is 5.82 Å². The van der Waals surface area contributed by atoms with Crippen molar-refractivity contribution in [3.05, 3.63) is 12.5 Å². The lowest BCUT2D eigenvalue weighted by Crippen LogP contribution is -2.25. The van der Waals surface area contributed by atoms with E-state index >= 15 is 0 Å². The highest BCUT2D eigenvalue weighted by atomic mass is 15.3. The lowest BCUT2D eigenvalue weighted by molar-refractivity contribution is 0.295. The van der Waals surface area contributed by atoms with Gasteiger partial charge in [0.25, 0.3) is 0 Å². The molecule has 0 fully saturated rings. The standard InChI is InChI=1S/C15H26N6/c1-5-21(6-2)9-7-8-12(3)19-14-13-10-18-20(4)15(13)17-11-16-14/h10-12H,5-9H2,1-4H3,(H,16,17,19)/t12-/m1/s1. The molecule has 6 nitrogen and oxygen atoms in total. The van der Waals surface area contributed by atoms with Crippen molar-refractivity contribution in [2.75, 3.05) is 25.0 Å². The second-order valence-electron chi connectivity index (χ2n) is 5.44. The minimum absolute atomic E-state index is 0.388. The molecule has 0 unspecified atom stereocenters. The van der Waals surface area contributed by atoms with Crippen LogP contribution in [0.3, 0.4) is 0 Å². The molecular formula is C15H26N6. The number of aryl methyl sites for hydroxylation is 1. The molecule has 0 radical (unpaired) electrons. The molecule has 0 aliphatic rings. The highest BCUT2D eigenvalue weighted by Gasteiger charge is 2.10. The number of hydrogen-bond donors (Lipinski definition) is 1. The minimum atomic E-state index is 0.388. The van der Waals surface area contributed by atoms with E-state index in [0.29, 0.717) is 6.04 Å². The van der Waals surface area contributed by atoms with Gasteiger partial charge in [0.1, 0.15) is 12.1 Å². The molecule has 2 heterocycles. The number of hydrogen-bond acceptors (Lipinski definition) is 5. The first-order chi connectivity index (χ1) is 10.2. The molecule has 0 aliphatic heterocycles. The predicted molar refractivity (Wildman–Crippen MR) is 86.4 cm³/mol. The Bertz CT molecular complexity index is 560. The number of nitrogens with zero attached hydrogens (tertiary/aromatic N) is 5. The van der Waals surface area contributed by atoms with E-state index in [9.17, 15) is 0 Å². The molecule has 2 rings (SSSR count). The third kappa shape index (κ3) is 3.91. The van der Waals surface area contributed by atoms with Crippen molar-refractivity contribution in [1.82, 2.24) is 24.6 Å². The van der Waals surface area contributed by atoms with Crippen molar-refractivity contribution >= 4 is 16.9 Å². The normalized spacial score (nSPS) is 13.0. The maximum atomic E-state index is 4.35. The van der Waals surface area contributed by atoms with Crippen LogP contribution in [0.2, 0.25) is 0 Å². The van der Waals surface area contributed by atoms with Gasteiger partial charge in [-0.1, -0.05) is 13.8 Å². The summed E-state index contributed by atoms with van der Waals surface area (Å²) in [4.78, 5) is 11.1. The van der Waals surface area contributed by atoms with E-state index in [1.165, 1.54) is 6.42 Å². The fourth-order valence-electron chi connectivity index (χ4n) is 2.54. The Balaban J connectivity index is 1.91. The number of anilines is 1. The van der Waals surface area contributed by atoms with E-state index in [4.69, 9.17) is 0 Å². The maximum absolute atomic E-state index is 4.35. The summed E-state index contributed by atoms with van der Waals surface area (Å²) in [7, 11) is 1.90. The molecule has 0 aliphatic carbocycles. The Hall–Kier alpha value is -1.69. The first-order valence-corrected chi connectivity index (χ1v) is 7.77. The van der Waals surface area contributed by atoms with Crippen molar-refractivity contribution < 1.29 is 0 Å². The lowest BCUT2D eigenvalue weighted by atomic mass is 10.1. The van der Waals surface area contributed by atoms with Gasteiger partial charge in [-0.2, -0.15) is 5.10 Å². The lowest BCUT2D eigenvalue weighted by Gasteiger charge is -2.20. The Morgan fingerprint density at radius 3 is 2.76 bits per heavy atom. The zero-order valence-corrected chi connectivity index (χ0v) is 13.5. The van der Waals surface area contributed by atoms with Gasteiger partial charge in [-0.25, -0.2) is 9.97 Å². The topological polar surface area (TPSA) is 58.9 Å². The highest BCUT2D eigenvalue weighted by molar-refractivity contribution is 5.86. The Labute approximate surface area is 126 Å². The van der Waals surface area contributed by atoms with E-state index in [-0.39, 0.29) is 0 Å². The van der Waals surface area contributed by atoms with Crippen LogP contribution in [0, 0.1) is 0 Å². The molecule has 0 bridgehead atoms. The van der Waals surface area contributed by atoms with Crippen LogP contribution in [-0.2, 0) is 7.05 Å². The van der Waals surface area contributed by atoms with Crippen LogP contribution in [0.25, 0.3) is 11.0 Å². The van der Waals surface area contributed by atoms with Crippen LogP contribution in [0.5, 0.6) is 0 Å². The van der Waals surface area contributed by atoms with Gasteiger partial charge in [0.15, 0.2) is 5.65 Å². The monoisotopic (exact) mass is 290 g/mol. The molecule has 1 atom stereocenters. The summed E-state index contributed by atoms with van der Waals surface area (Å²) in [5.41, 5.74) is 0.864. The molecule has 1 N–H and O–H groups in total. The SMILES string of the molecule is CCN(CC)CCC[C@@H](C)Nc1ncnc2c1cnn2C. The summed E-state index contributed by atoms with van der Waals surface area (Å²) < 4.78 is 1.77. The summed E-state index contributed by atoms with van der Waals surface area (Å²) in [5, 5.41) is 8.71. The summed E-state index contributed by atoms with van der Waals surface area (Å²) in [5.74, 6) is 0.878. The zero-order chi connectivity index (χ0) is 15.2. The summed E-state index contributed by atoms with van der Waals surface area (Å²) in [6.07, 6.45) is 5.73. The predicted octanol–water partition coefficient (Wildman–Crippen LogP) is 2.29. The van der Waals surface area contributed by atoms with E-state index in [2.05, 4.69) is 46.1 Å². The number of rotatable bonds is 8. The molecule has 6 heteroatoms. The summed E-state index contributed by atoms with van der Waals surface area (Å²) in [6, 6.07) is 0.388. The molecule has 2 aromatic rings. The van der Waals surface area contributed by atoms with Crippen molar-refractivity contribution in [2.45, 2.75) is 39.7 Å². The smallest absolute Gasteiger partial charge is 0.163 e. The Morgan fingerprint density at radius 1 is 1.29 bits per heavy atom. The van der Waals surface area contributed by atoms with Gasteiger partial charge in [0.2, 0.25) is 0 Å². The fraction of sp³-hybridized carbons (Fsp3) is 0.667. The van der Waals surface area contributed by atoms with Crippen LogP contribution in [0.15, 0.2) is 12.5 Å². The van der Waals surface area contributed by atoms with Crippen molar-refractivity contribution in [2.24, 2.45) is 7.05 Å². The number of aromatic nitrogens is 4. The van der Waals surface area contributed by atoms with Gasteiger partial charge in [0, 0.05) is 13.1 Å². The second-order valence-corrected chi connectivity index (χ2v) is 5.44. The third-order valence-electron chi connectivity index (χ3n) is 3.92. The molecule has 0 aromatic carbocycles. The maximum Gasteiger partial charge on any atom is 0.163 e. The molecule has 2 aromatic heterocycles. The van der Waals surface area contributed by atoms with E-state index < -0.39 is 0 Å². The van der Waals surface area contributed by atoms with Gasteiger partial charge in [-0.15, -0.1) is 0 Å². The Morgan fingerprint density at radius 2 is 2.05 bits per heavy atom. The fourth-order valence-corrected chi connectivity index (χ4v) is 2.54. The van der Waals surface area contributed by atoms with E-state index in [1.54, 1.807) is 11.0 Å². The molecule has 0 amide bonds. The largest absolute Gasteiger partial charge is 0.367 e. The van der Waals surface area contributed by atoms with Gasteiger partial charge >= 0.3 is 0 Å². The van der Waals surface area contributed by atoms with Crippen LogP contribution >= 0.6 is 0 Å². The number of fused-ring (bicyclic) bond motifs is 1. The molecule has 0 saturated heterocycles. The molecule has 0 saturated carbocycles. The number of nitrogens with one attached hydrogen (secondary N) is 1.